The monoisotopic (exact) mass is 286 g/mol. The van der Waals surface area contributed by atoms with Crippen molar-refractivity contribution in [3.8, 4) is 0 Å². The first-order chi connectivity index (χ1) is 10.1. The number of nitrogens with zero attached hydrogens (tertiary/aromatic N) is 1. The summed E-state index contributed by atoms with van der Waals surface area (Å²) in [5, 5.41) is 3.33. The van der Waals surface area contributed by atoms with E-state index in [9.17, 15) is 4.39 Å². The average molecular weight is 286 g/mol. The van der Waals surface area contributed by atoms with E-state index in [1.165, 1.54) is 11.6 Å². The van der Waals surface area contributed by atoms with Crippen molar-refractivity contribution in [2.45, 2.75) is 33.2 Å². The van der Waals surface area contributed by atoms with Gasteiger partial charge in [0.25, 0.3) is 0 Å². The largest absolute Gasteiger partial charge is 0.305 e. The Morgan fingerprint density at radius 1 is 1.19 bits per heavy atom. The second-order valence-electron chi connectivity index (χ2n) is 5.70. The molecule has 0 saturated heterocycles. The van der Waals surface area contributed by atoms with Crippen LogP contribution < -0.4 is 5.32 Å². The van der Waals surface area contributed by atoms with E-state index in [0.717, 1.165) is 18.5 Å². The Labute approximate surface area is 126 Å². The molecule has 21 heavy (non-hydrogen) atoms. The Hall–Kier alpha value is -1.74. The maximum Gasteiger partial charge on any atom is 0.146 e. The number of hydrogen-bond donors (Lipinski definition) is 1. The fraction of sp³-hybridized carbons (Fsp3) is 0.389. The zero-order chi connectivity index (χ0) is 15.2. The van der Waals surface area contributed by atoms with Gasteiger partial charge in [-0.25, -0.2) is 4.39 Å². The van der Waals surface area contributed by atoms with E-state index in [1.807, 2.05) is 19.1 Å². The van der Waals surface area contributed by atoms with Gasteiger partial charge in [0.2, 0.25) is 0 Å². The van der Waals surface area contributed by atoms with Gasteiger partial charge in [-0.2, -0.15) is 0 Å². The van der Waals surface area contributed by atoms with Gasteiger partial charge in [-0.05, 0) is 42.1 Å². The number of hydrogen-bond acceptors (Lipinski definition) is 2. The van der Waals surface area contributed by atoms with Crippen LogP contribution in [-0.2, 0) is 6.42 Å². The maximum absolute atomic E-state index is 14.1. The molecule has 0 aliphatic carbocycles. The molecule has 0 radical (unpaired) electrons. The van der Waals surface area contributed by atoms with Crippen molar-refractivity contribution >= 4 is 0 Å². The van der Waals surface area contributed by atoms with Gasteiger partial charge < -0.3 is 5.32 Å². The quantitative estimate of drug-likeness (QED) is 0.864. The molecule has 112 valence electrons. The second kappa shape index (κ2) is 7.32. The van der Waals surface area contributed by atoms with E-state index in [0.29, 0.717) is 11.6 Å². The van der Waals surface area contributed by atoms with Crippen LogP contribution in [0.5, 0.6) is 0 Å². The van der Waals surface area contributed by atoms with Gasteiger partial charge in [-0.3, -0.25) is 4.98 Å². The average Bonchev–Trinajstić information content (AvgIpc) is 2.45. The van der Waals surface area contributed by atoms with E-state index >= 15 is 0 Å². The van der Waals surface area contributed by atoms with Crippen molar-refractivity contribution in [3.05, 3.63) is 65.2 Å². The van der Waals surface area contributed by atoms with Gasteiger partial charge in [0.05, 0.1) is 11.7 Å². The van der Waals surface area contributed by atoms with Crippen LogP contribution in [0.1, 0.15) is 43.6 Å². The Morgan fingerprint density at radius 3 is 2.67 bits per heavy atom. The molecule has 3 heteroatoms. The van der Waals surface area contributed by atoms with Crippen LogP contribution in [0.2, 0.25) is 0 Å². The predicted octanol–water partition coefficient (Wildman–Crippen LogP) is 4.12. The molecule has 1 aromatic carbocycles. The first-order valence-electron chi connectivity index (χ1n) is 7.54. The summed E-state index contributed by atoms with van der Waals surface area (Å²) in [6, 6.07) is 11.2. The van der Waals surface area contributed by atoms with Gasteiger partial charge in [-0.1, -0.05) is 45.0 Å². The maximum atomic E-state index is 14.1. The number of nitrogens with one attached hydrogen (secondary N) is 1. The van der Waals surface area contributed by atoms with Crippen molar-refractivity contribution in [2.24, 2.45) is 5.92 Å². The Bertz CT molecular complexity index is 581. The zero-order valence-corrected chi connectivity index (χ0v) is 12.9. The molecule has 1 unspecified atom stereocenters. The van der Waals surface area contributed by atoms with E-state index in [-0.39, 0.29) is 11.9 Å². The molecule has 1 heterocycles. The lowest BCUT2D eigenvalue weighted by Crippen LogP contribution is -2.24. The van der Waals surface area contributed by atoms with Crippen molar-refractivity contribution < 1.29 is 4.39 Å². The van der Waals surface area contributed by atoms with Crippen LogP contribution in [0.4, 0.5) is 4.39 Å². The second-order valence-corrected chi connectivity index (χ2v) is 5.70. The molecule has 1 aromatic heterocycles. The molecule has 0 amide bonds. The number of pyridine rings is 1. The van der Waals surface area contributed by atoms with Crippen molar-refractivity contribution in [2.75, 3.05) is 6.54 Å². The molecule has 0 saturated carbocycles. The topological polar surface area (TPSA) is 24.9 Å². The third kappa shape index (κ3) is 4.11. The lowest BCUT2D eigenvalue weighted by Gasteiger charge is -2.19. The molecule has 2 aromatic rings. The smallest absolute Gasteiger partial charge is 0.146 e. The highest BCUT2D eigenvalue weighted by atomic mass is 19.1. The molecule has 2 rings (SSSR count). The molecule has 0 spiro atoms. The Kier molecular flexibility index (Phi) is 5.45. The molecule has 0 bridgehead atoms. The van der Waals surface area contributed by atoms with Crippen LogP contribution >= 0.6 is 0 Å². The number of rotatable bonds is 6. The standard InChI is InChI=1S/C18H23FN2/c1-4-20-17(18-16(19)9-6-10-21-18)15-8-5-7-14(12-15)11-13(2)3/h5-10,12-13,17,20H,4,11H2,1-3H3. The minimum atomic E-state index is -0.266. The number of aromatic nitrogens is 1. The van der Waals surface area contributed by atoms with Crippen LogP contribution in [0.15, 0.2) is 42.6 Å². The van der Waals surface area contributed by atoms with Gasteiger partial charge in [0.1, 0.15) is 5.82 Å². The summed E-state index contributed by atoms with van der Waals surface area (Å²) in [6.07, 6.45) is 2.66. The van der Waals surface area contributed by atoms with Gasteiger partial charge >= 0.3 is 0 Å². The number of halogens is 1. The Balaban J connectivity index is 2.36. The summed E-state index contributed by atoms with van der Waals surface area (Å²) in [4.78, 5) is 4.23. The summed E-state index contributed by atoms with van der Waals surface area (Å²) in [5.74, 6) is 0.335. The third-order valence-corrected chi connectivity index (χ3v) is 3.40. The van der Waals surface area contributed by atoms with Crippen LogP contribution in [-0.4, -0.2) is 11.5 Å². The van der Waals surface area contributed by atoms with E-state index in [2.05, 4.69) is 36.3 Å². The van der Waals surface area contributed by atoms with E-state index in [4.69, 9.17) is 0 Å². The van der Waals surface area contributed by atoms with Crippen molar-refractivity contribution in [1.82, 2.24) is 10.3 Å². The molecule has 1 atom stereocenters. The van der Waals surface area contributed by atoms with Gasteiger partial charge in [-0.15, -0.1) is 0 Å². The first-order valence-corrected chi connectivity index (χ1v) is 7.54. The van der Waals surface area contributed by atoms with Gasteiger partial charge in [0.15, 0.2) is 0 Å². The first kappa shape index (κ1) is 15.6. The third-order valence-electron chi connectivity index (χ3n) is 3.40. The molecule has 0 aliphatic rings. The summed E-state index contributed by atoms with van der Waals surface area (Å²) in [6.45, 7) is 7.18. The highest BCUT2D eigenvalue weighted by molar-refractivity contribution is 5.32. The lowest BCUT2D eigenvalue weighted by atomic mass is 9.96. The molecule has 1 N–H and O–H groups in total. The van der Waals surface area contributed by atoms with Crippen molar-refractivity contribution in [3.63, 3.8) is 0 Å². The Morgan fingerprint density at radius 2 is 2.00 bits per heavy atom. The highest BCUT2D eigenvalue weighted by Crippen LogP contribution is 2.24. The van der Waals surface area contributed by atoms with Crippen molar-refractivity contribution in [1.29, 1.82) is 0 Å². The molecular formula is C18H23FN2. The fourth-order valence-corrected chi connectivity index (χ4v) is 2.56. The summed E-state index contributed by atoms with van der Waals surface area (Å²) < 4.78 is 14.1. The normalized spacial score (nSPS) is 12.6. The SMILES string of the molecule is CCNC(c1cccc(CC(C)C)c1)c1ncccc1F. The van der Waals surface area contributed by atoms with E-state index < -0.39 is 0 Å². The predicted molar refractivity (Wildman–Crippen MR) is 84.7 cm³/mol. The lowest BCUT2D eigenvalue weighted by molar-refractivity contribution is 0.542. The molecule has 0 fully saturated rings. The molecular weight excluding hydrogens is 263 g/mol. The van der Waals surface area contributed by atoms with Crippen LogP contribution in [0, 0.1) is 11.7 Å². The van der Waals surface area contributed by atoms with Crippen LogP contribution in [0.25, 0.3) is 0 Å². The van der Waals surface area contributed by atoms with E-state index in [1.54, 1.807) is 12.3 Å². The summed E-state index contributed by atoms with van der Waals surface area (Å²) in [7, 11) is 0. The number of benzene rings is 1. The minimum Gasteiger partial charge on any atom is -0.305 e. The van der Waals surface area contributed by atoms with Crippen LogP contribution in [0.3, 0.4) is 0 Å². The highest BCUT2D eigenvalue weighted by Gasteiger charge is 2.18. The van der Waals surface area contributed by atoms with Gasteiger partial charge in [0, 0.05) is 6.20 Å². The molecule has 2 nitrogen and oxygen atoms in total. The zero-order valence-electron chi connectivity index (χ0n) is 12.9. The summed E-state index contributed by atoms with van der Waals surface area (Å²) in [5.41, 5.74) is 2.80. The summed E-state index contributed by atoms with van der Waals surface area (Å²) >= 11 is 0. The fourth-order valence-electron chi connectivity index (χ4n) is 2.56. The minimum absolute atomic E-state index is 0.205. The molecule has 0 aliphatic heterocycles.